The van der Waals surface area contributed by atoms with Crippen LogP contribution in [0.15, 0.2) is 35.8 Å². The molecule has 0 aliphatic carbocycles. The smallest absolute Gasteiger partial charge is 0.483 e. The Morgan fingerprint density at radius 2 is 1.78 bits per heavy atom. The van der Waals surface area contributed by atoms with Crippen molar-refractivity contribution in [2.75, 3.05) is 0 Å². The summed E-state index contributed by atoms with van der Waals surface area (Å²) in [4.78, 5) is 13.3. The van der Waals surface area contributed by atoms with Gasteiger partial charge in [0.05, 0.1) is 5.57 Å². The molecule has 37 heavy (non-hydrogen) atoms. The van der Waals surface area contributed by atoms with E-state index in [2.05, 4.69) is 60.4 Å². The van der Waals surface area contributed by atoms with Crippen LogP contribution in [0.3, 0.4) is 0 Å². The van der Waals surface area contributed by atoms with Crippen LogP contribution in [0.2, 0.25) is 0 Å². The maximum absolute atomic E-state index is 12.7. The van der Waals surface area contributed by atoms with Crippen LogP contribution in [0.1, 0.15) is 84.5 Å². The molecule has 0 saturated heterocycles. The van der Waals surface area contributed by atoms with E-state index in [4.69, 9.17) is 14.6 Å². The average Bonchev–Trinajstić information content (AvgIpc) is 3.18. The van der Waals surface area contributed by atoms with E-state index in [1.165, 1.54) is 17.8 Å². The van der Waals surface area contributed by atoms with Gasteiger partial charge in [0.1, 0.15) is 10.8 Å². The van der Waals surface area contributed by atoms with Crippen molar-refractivity contribution in [1.82, 2.24) is 4.98 Å². The van der Waals surface area contributed by atoms with E-state index < -0.39 is 6.61 Å². The van der Waals surface area contributed by atoms with Crippen molar-refractivity contribution < 1.29 is 74.8 Å². The average molecular weight is 566 g/mol. The fourth-order valence-corrected chi connectivity index (χ4v) is 3.76. The zero-order valence-corrected chi connectivity index (χ0v) is 28.3. The van der Waals surface area contributed by atoms with E-state index in [1.54, 1.807) is 25.3 Å². The second kappa shape index (κ2) is 22.3. The number of carboxylic acid groups (broad SMARTS) is 1. The molecule has 0 bridgehead atoms. The molecular weight excluding hydrogens is 519 g/mol. The summed E-state index contributed by atoms with van der Waals surface area (Å²) in [6.45, 7) is 25.9. The molecule has 4 nitrogen and oxygen atoms in total. The third-order valence-electron chi connectivity index (χ3n) is 5.26. The van der Waals surface area contributed by atoms with Crippen molar-refractivity contribution in [3.63, 3.8) is 0 Å². The number of hydrogen-bond acceptors (Lipinski definition) is 4. The molecule has 0 aromatic carbocycles. The Hall–Kier alpha value is -0.514. The second-order valence-corrected chi connectivity index (χ2v) is 11.1. The number of alkyl halides is 2. The summed E-state index contributed by atoms with van der Waals surface area (Å²) >= 11 is 1.35. The van der Waals surface area contributed by atoms with Crippen molar-refractivity contribution >= 4 is 23.4 Å². The van der Waals surface area contributed by atoms with Gasteiger partial charge in [-0.2, -0.15) is 32.0 Å². The number of ether oxygens (including phenoxy) is 1. The number of nitrogens with zero attached hydrogens (tertiary/aromatic N) is 1. The van der Waals surface area contributed by atoms with Crippen molar-refractivity contribution in [1.29, 1.82) is 0 Å². The first kappa shape index (κ1) is 41.0. The van der Waals surface area contributed by atoms with E-state index in [0.717, 1.165) is 22.8 Å². The third-order valence-corrected chi connectivity index (χ3v) is 6.14. The first-order chi connectivity index (χ1) is 16.6. The van der Waals surface area contributed by atoms with Gasteiger partial charge in [-0.25, -0.2) is 6.92 Å². The Labute approximate surface area is 271 Å². The molecule has 0 radical (unpaired) electrons. The van der Waals surface area contributed by atoms with Gasteiger partial charge < -0.3 is 28.7 Å². The first-order valence-corrected chi connectivity index (χ1v) is 13.0. The largest absolute Gasteiger partial charge is 1.00 e. The molecule has 0 saturated carbocycles. The Morgan fingerprint density at radius 3 is 2.14 bits per heavy atom. The maximum atomic E-state index is 12.7. The van der Waals surface area contributed by atoms with Gasteiger partial charge in [-0.15, -0.1) is 17.5 Å². The van der Waals surface area contributed by atoms with Gasteiger partial charge in [0, 0.05) is 0 Å². The molecule has 1 aromatic rings. The van der Waals surface area contributed by atoms with Crippen molar-refractivity contribution in [2.24, 2.45) is 23.2 Å². The van der Waals surface area contributed by atoms with Gasteiger partial charge in [-0.05, 0) is 37.8 Å². The molecule has 208 valence electrons. The number of halogens is 2. The minimum Gasteiger partial charge on any atom is -0.483 e. The summed E-state index contributed by atoms with van der Waals surface area (Å²) in [5.74, 6) is 2.04. The van der Waals surface area contributed by atoms with Crippen molar-refractivity contribution in [3.05, 3.63) is 66.4 Å². The molecular formula is C29H46F2KNO3S-2. The van der Waals surface area contributed by atoms with Crippen LogP contribution in [0.4, 0.5) is 8.78 Å². The number of rotatable bonds is 10. The molecule has 0 aliphatic rings. The minimum atomic E-state index is -2.86. The zero-order chi connectivity index (χ0) is 28.5. The van der Waals surface area contributed by atoms with Crippen LogP contribution in [-0.4, -0.2) is 23.2 Å². The molecule has 0 fully saturated rings. The van der Waals surface area contributed by atoms with E-state index in [9.17, 15) is 8.78 Å². The molecule has 2 unspecified atom stereocenters. The topological polar surface area (TPSA) is 59.4 Å². The van der Waals surface area contributed by atoms with Crippen molar-refractivity contribution in [2.45, 2.75) is 81.3 Å². The van der Waals surface area contributed by atoms with Crippen LogP contribution in [0.5, 0.6) is 0 Å². The van der Waals surface area contributed by atoms with E-state index in [-0.39, 0.29) is 63.6 Å². The van der Waals surface area contributed by atoms with Gasteiger partial charge in [-0.3, -0.25) is 4.79 Å². The monoisotopic (exact) mass is 565 g/mol. The number of allylic oxidation sites excluding steroid dienone is 5. The first-order valence-electron chi connectivity index (χ1n) is 12.1. The quantitative estimate of drug-likeness (QED) is 0.119. The van der Waals surface area contributed by atoms with Gasteiger partial charge in [0.2, 0.25) is 0 Å². The third kappa shape index (κ3) is 20.1. The SMILES string of the molecule is O=CO.[CH2-]C(CC(C)C)CC([CH2-])C(C)(C)C.[CH2-]c1cnc(C(=C/C=C\C)/C(OC(F)F)=C(/C)CC)s1.[K+]. The molecule has 0 spiro atoms. The second-order valence-electron chi connectivity index (χ2n) is 9.98. The predicted molar refractivity (Wildman–Crippen MR) is 149 cm³/mol. The van der Waals surface area contributed by atoms with Gasteiger partial charge in [0.15, 0.2) is 0 Å². The minimum absolute atomic E-state index is 0. The number of thiazole rings is 1. The summed E-state index contributed by atoms with van der Waals surface area (Å²) in [5.41, 5.74) is 1.64. The molecule has 1 N–H and O–H groups in total. The molecule has 0 amide bonds. The molecule has 1 heterocycles. The van der Waals surface area contributed by atoms with Crippen LogP contribution < -0.4 is 51.4 Å². The number of carbonyl (C=O) groups is 1. The summed E-state index contributed by atoms with van der Waals surface area (Å²) < 4.78 is 30.0. The molecule has 8 heteroatoms. The normalized spacial score (nSPS) is 14.1. The molecule has 0 aliphatic heterocycles. The van der Waals surface area contributed by atoms with Gasteiger partial charge in [0.25, 0.3) is 6.47 Å². The number of hydrogen-bond donors (Lipinski definition) is 1. The molecule has 1 rings (SSSR count). The van der Waals surface area contributed by atoms with E-state index in [0.29, 0.717) is 34.3 Å². The van der Waals surface area contributed by atoms with Gasteiger partial charge >= 0.3 is 58.0 Å². The van der Waals surface area contributed by atoms with E-state index >= 15 is 0 Å². The van der Waals surface area contributed by atoms with Crippen LogP contribution in [0.25, 0.3) is 5.57 Å². The summed E-state index contributed by atoms with van der Waals surface area (Å²) in [6, 6.07) is 0. The maximum Gasteiger partial charge on any atom is 1.00 e. The molecule has 2 atom stereocenters. The Kier molecular flexibility index (Phi) is 24.7. The van der Waals surface area contributed by atoms with Crippen molar-refractivity contribution in [3.8, 4) is 0 Å². The van der Waals surface area contributed by atoms with Crippen LogP contribution in [0, 0.1) is 43.9 Å². The fraction of sp³-hybridized carbons (Fsp3) is 0.552. The zero-order valence-electron chi connectivity index (χ0n) is 24.3. The Bertz CT molecular complexity index is 827. The van der Waals surface area contributed by atoms with Crippen LogP contribution >= 0.6 is 11.3 Å². The Morgan fingerprint density at radius 1 is 1.24 bits per heavy atom. The standard InChI is InChI=1S/C15H18F2NOS.C13H26.CH2O2.K/c1-5-7-8-12(14-18-9-11(4)20-14)13(10(3)6-2)19-15(16)17;1-10(2)8-11(3)9-12(4)13(5,6)7;2-1-3;/h5,7-9,15H,4,6H2,1-3H3;10-12H,3-4,8-9H2,1-2,5-7H3;1H,(H,2,3);/q-1;-2;;+1/b7-5-,12-8+,13-10+;;;. The number of aromatic nitrogens is 1. The molecule has 1 aromatic heterocycles. The summed E-state index contributed by atoms with van der Waals surface area (Å²) in [5, 5.41) is 7.51. The fourth-order valence-electron chi connectivity index (χ4n) is 3.03. The van der Waals surface area contributed by atoms with Crippen LogP contribution in [-0.2, 0) is 9.53 Å². The Balaban J connectivity index is -0.000000590. The summed E-state index contributed by atoms with van der Waals surface area (Å²) in [7, 11) is 0. The summed E-state index contributed by atoms with van der Waals surface area (Å²) in [6.07, 6.45) is 9.94. The van der Waals surface area contributed by atoms with E-state index in [1.807, 2.05) is 19.9 Å². The van der Waals surface area contributed by atoms with Gasteiger partial charge in [-0.1, -0.05) is 65.5 Å². The predicted octanol–water partition coefficient (Wildman–Crippen LogP) is 6.28.